The minimum atomic E-state index is 0.199. The smallest absolute Gasteiger partial charge is 0.0645 e. The average Bonchev–Trinajstić information content (AvgIpc) is 2.87. The number of halogens is 1. The van der Waals surface area contributed by atoms with E-state index in [1.165, 1.54) is 12.8 Å². The van der Waals surface area contributed by atoms with Gasteiger partial charge in [-0.25, -0.2) is 0 Å². The Kier molecular flexibility index (Phi) is 3.60. The number of hydrogen-bond acceptors (Lipinski definition) is 1. The fourth-order valence-corrected chi connectivity index (χ4v) is 1.72. The highest BCUT2D eigenvalue weighted by atomic mass is 35.5. The molecule has 1 atom stereocenters. The zero-order chi connectivity index (χ0) is 9.03. The lowest BCUT2D eigenvalue weighted by Crippen LogP contribution is -2.27. The molecule has 2 heteroatoms. The molecule has 0 N–H and O–H groups in total. The molecule has 1 fully saturated rings. The molecule has 1 aliphatic carbocycles. The number of hydrogen-bond donors (Lipinski definition) is 0. The van der Waals surface area contributed by atoms with Crippen LogP contribution in [0.4, 0.5) is 0 Å². The Hall–Kier alpha value is -0.0100. The van der Waals surface area contributed by atoms with Gasteiger partial charge in [0, 0.05) is 11.3 Å². The molecule has 1 rings (SSSR count). The van der Waals surface area contributed by atoms with Crippen LogP contribution >= 0.6 is 11.6 Å². The molecule has 0 radical (unpaired) electrons. The summed E-state index contributed by atoms with van der Waals surface area (Å²) in [5.41, 5.74) is 0.199. The van der Waals surface area contributed by atoms with Crippen LogP contribution in [-0.2, 0) is 4.74 Å². The summed E-state index contributed by atoms with van der Waals surface area (Å²) in [5, 5.41) is 0. The molecule has 1 saturated carbocycles. The largest absolute Gasteiger partial charge is 0.377 e. The summed E-state index contributed by atoms with van der Waals surface area (Å²) in [4.78, 5) is 0. The van der Waals surface area contributed by atoms with Crippen LogP contribution in [0.2, 0.25) is 0 Å². The SMILES string of the molecule is C=CCOCC(C)(CCl)C1CC1. The quantitative estimate of drug-likeness (QED) is 0.354. The van der Waals surface area contributed by atoms with Crippen LogP contribution in [0.1, 0.15) is 19.8 Å². The monoisotopic (exact) mass is 188 g/mol. The van der Waals surface area contributed by atoms with Gasteiger partial charge < -0.3 is 4.74 Å². The third kappa shape index (κ3) is 2.49. The van der Waals surface area contributed by atoms with Crippen molar-refractivity contribution in [2.24, 2.45) is 11.3 Å². The van der Waals surface area contributed by atoms with Gasteiger partial charge >= 0.3 is 0 Å². The molecular formula is C10H17ClO. The van der Waals surface area contributed by atoms with E-state index < -0.39 is 0 Å². The molecule has 0 heterocycles. The van der Waals surface area contributed by atoms with E-state index in [1.807, 2.05) is 0 Å². The highest BCUT2D eigenvalue weighted by Gasteiger charge is 2.40. The minimum Gasteiger partial charge on any atom is -0.377 e. The van der Waals surface area contributed by atoms with E-state index in [0.717, 1.165) is 12.5 Å². The molecule has 0 amide bonds. The van der Waals surface area contributed by atoms with E-state index >= 15 is 0 Å². The molecule has 0 aliphatic heterocycles. The van der Waals surface area contributed by atoms with Crippen molar-refractivity contribution in [2.45, 2.75) is 19.8 Å². The zero-order valence-corrected chi connectivity index (χ0v) is 8.44. The van der Waals surface area contributed by atoms with Gasteiger partial charge in [0.1, 0.15) is 0 Å². The van der Waals surface area contributed by atoms with Crippen LogP contribution < -0.4 is 0 Å². The lowest BCUT2D eigenvalue weighted by Gasteiger charge is -2.26. The topological polar surface area (TPSA) is 9.23 Å². The van der Waals surface area contributed by atoms with Gasteiger partial charge in [0.25, 0.3) is 0 Å². The standard InChI is InChI=1S/C10H17ClO/c1-3-6-12-8-10(2,7-11)9-4-5-9/h3,9H,1,4-8H2,2H3. The normalized spacial score (nSPS) is 21.8. The van der Waals surface area contributed by atoms with Crippen LogP contribution in [0.3, 0.4) is 0 Å². The van der Waals surface area contributed by atoms with Crippen LogP contribution in [0.25, 0.3) is 0 Å². The summed E-state index contributed by atoms with van der Waals surface area (Å²) in [6.45, 7) is 7.23. The Morgan fingerprint density at radius 1 is 1.67 bits per heavy atom. The Labute approximate surface area is 79.7 Å². The van der Waals surface area contributed by atoms with Crippen molar-refractivity contribution in [3.8, 4) is 0 Å². The van der Waals surface area contributed by atoms with Crippen molar-refractivity contribution in [1.82, 2.24) is 0 Å². The highest BCUT2D eigenvalue weighted by Crippen LogP contribution is 2.46. The molecular weight excluding hydrogens is 172 g/mol. The Morgan fingerprint density at radius 2 is 2.33 bits per heavy atom. The predicted molar refractivity (Wildman–Crippen MR) is 52.6 cm³/mol. The lowest BCUT2D eigenvalue weighted by molar-refractivity contribution is 0.0698. The fraction of sp³-hybridized carbons (Fsp3) is 0.800. The third-order valence-corrected chi connectivity index (χ3v) is 3.15. The maximum absolute atomic E-state index is 5.92. The molecule has 1 unspecified atom stereocenters. The first-order valence-corrected chi connectivity index (χ1v) is 5.01. The number of alkyl halides is 1. The van der Waals surface area contributed by atoms with Gasteiger partial charge in [0.05, 0.1) is 13.2 Å². The summed E-state index contributed by atoms with van der Waals surface area (Å²) in [6.07, 6.45) is 4.42. The maximum atomic E-state index is 5.92. The van der Waals surface area contributed by atoms with Crippen LogP contribution in [0.5, 0.6) is 0 Å². The molecule has 1 nitrogen and oxygen atoms in total. The fourth-order valence-electron chi connectivity index (χ4n) is 1.42. The van der Waals surface area contributed by atoms with Crippen molar-refractivity contribution >= 4 is 11.6 Å². The van der Waals surface area contributed by atoms with Crippen molar-refractivity contribution in [3.63, 3.8) is 0 Å². The summed E-state index contributed by atoms with van der Waals surface area (Å²) >= 11 is 5.92. The van der Waals surface area contributed by atoms with Gasteiger partial charge in [0.15, 0.2) is 0 Å². The molecule has 12 heavy (non-hydrogen) atoms. The highest BCUT2D eigenvalue weighted by molar-refractivity contribution is 6.18. The van der Waals surface area contributed by atoms with Crippen molar-refractivity contribution in [3.05, 3.63) is 12.7 Å². The van der Waals surface area contributed by atoms with Crippen LogP contribution in [0.15, 0.2) is 12.7 Å². The molecule has 0 aromatic rings. The Morgan fingerprint density at radius 3 is 2.75 bits per heavy atom. The predicted octanol–water partition coefficient (Wildman–Crippen LogP) is 2.84. The molecule has 0 aromatic carbocycles. The second kappa shape index (κ2) is 4.29. The summed E-state index contributed by atoms with van der Waals surface area (Å²) < 4.78 is 5.44. The first-order valence-electron chi connectivity index (χ1n) is 4.47. The van der Waals surface area contributed by atoms with E-state index in [1.54, 1.807) is 6.08 Å². The number of ether oxygens (including phenoxy) is 1. The molecule has 0 spiro atoms. The molecule has 1 aliphatic rings. The second-order valence-electron chi connectivity index (χ2n) is 3.87. The van der Waals surface area contributed by atoms with Gasteiger partial charge in [-0.1, -0.05) is 13.0 Å². The summed E-state index contributed by atoms with van der Waals surface area (Å²) in [7, 11) is 0. The van der Waals surface area contributed by atoms with Gasteiger partial charge in [0.2, 0.25) is 0 Å². The second-order valence-corrected chi connectivity index (χ2v) is 4.13. The van der Waals surface area contributed by atoms with E-state index in [-0.39, 0.29) is 5.41 Å². The van der Waals surface area contributed by atoms with Crippen molar-refractivity contribution in [2.75, 3.05) is 19.1 Å². The first kappa shape index (κ1) is 10.1. The Bertz CT molecular complexity index is 154. The van der Waals surface area contributed by atoms with Crippen molar-refractivity contribution < 1.29 is 4.74 Å². The number of rotatable bonds is 6. The summed E-state index contributed by atoms with van der Waals surface area (Å²) in [6, 6.07) is 0. The molecule has 0 saturated heterocycles. The van der Waals surface area contributed by atoms with Gasteiger partial charge in [-0.3, -0.25) is 0 Å². The first-order chi connectivity index (χ1) is 5.73. The minimum absolute atomic E-state index is 0.199. The molecule has 0 bridgehead atoms. The van der Waals surface area contributed by atoms with Crippen LogP contribution in [-0.4, -0.2) is 19.1 Å². The lowest BCUT2D eigenvalue weighted by atomic mass is 9.88. The average molecular weight is 189 g/mol. The summed E-state index contributed by atoms with van der Waals surface area (Å²) in [5.74, 6) is 1.49. The van der Waals surface area contributed by atoms with E-state index in [0.29, 0.717) is 12.5 Å². The van der Waals surface area contributed by atoms with E-state index in [4.69, 9.17) is 16.3 Å². The molecule has 0 aromatic heterocycles. The van der Waals surface area contributed by atoms with E-state index in [9.17, 15) is 0 Å². The Balaban J connectivity index is 2.27. The van der Waals surface area contributed by atoms with Crippen LogP contribution in [0, 0.1) is 11.3 Å². The van der Waals surface area contributed by atoms with Gasteiger partial charge in [-0.15, -0.1) is 18.2 Å². The molecule has 70 valence electrons. The zero-order valence-electron chi connectivity index (χ0n) is 7.68. The third-order valence-electron chi connectivity index (χ3n) is 2.54. The van der Waals surface area contributed by atoms with Crippen molar-refractivity contribution in [1.29, 1.82) is 0 Å². The van der Waals surface area contributed by atoms with Gasteiger partial charge in [-0.05, 0) is 18.8 Å². The van der Waals surface area contributed by atoms with Gasteiger partial charge in [-0.2, -0.15) is 0 Å². The maximum Gasteiger partial charge on any atom is 0.0645 e. The van der Waals surface area contributed by atoms with E-state index in [2.05, 4.69) is 13.5 Å².